The van der Waals surface area contributed by atoms with Crippen molar-refractivity contribution in [1.82, 2.24) is 4.90 Å². The third-order valence-electron chi connectivity index (χ3n) is 3.72. The SMILES string of the molecule is N/C(=N/O)C1CCN(C(=O)Cc2ccc(F)c(F)c2)CC1. The van der Waals surface area contributed by atoms with Crippen LogP contribution in [0.3, 0.4) is 0 Å². The molecule has 7 heteroatoms. The quantitative estimate of drug-likeness (QED) is 0.384. The molecule has 0 radical (unpaired) electrons. The molecule has 0 aliphatic carbocycles. The van der Waals surface area contributed by atoms with Gasteiger partial charge in [0, 0.05) is 19.0 Å². The van der Waals surface area contributed by atoms with Crippen LogP contribution < -0.4 is 5.73 Å². The monoisotopic (exact) mass is 297 g/mol. The van der Waals surface area contributed by atoms with Crippen molar-refractivity contribution in [1.29, 1.82) is 0 Å². The first-order valence-corrected chi connectivity index (χ1v) is 6.70. The number of halogens is 2. The second-order valence-corrected chi connectivity index (χ2v) is 5.11. The fraction of sp³-hybridized carbons (Fsp3) is 0.429. The smallest absolute Gasteiger partial charge is 0.226 e. The van der Waals surface area contributed by atoms with Gasteiger partial charge >= 0.3 is 0 Å². The lowest BCUT2D eigenvalue weighted by Gasteiger charge is -2.31. The molecule has 0 atom stereocenters. The Bertz CT molecular complexity index is 555. The number of hydrogen-bond acceptors (Lipinski definition) is 3. The van der Waals surface area contributed by atoms with Gasteiger partial charge in [0.15, 0.2) is 11.6 Å². The highest BCUT2D eigenvalue weighted by atomic mass is 19.2. The first-order valence-electron chi connectivity index (χ1n) is 6.70. The van der Waals surface area contributed by atoms with E-state index in [2.05, 4.69) is 5.16 Å². The van der Waals surface area contributed by atoms with Gasteiger partial charge in [-0.15, -0.1) is 0 Å². The van der Waals surface area contributed by atoms with Crippen molar-refractivity contribution in [3.63, 3.8) is 0 Å². The molecule has 1 aromatic rings. The summed E-state index contributed by atoms with van der Waals surface area (Å²) < 4.78 is 25.9. The normalized spacial score (nSPS) is 17.0. The van der Waals surface area contributed by atoms with Gasteiger partial charge in [-0.2, -0.15) is 0 Å². The maximum atomic E-state index is 13.1. The van der Waals surface area contributed by atoms with Crippen LogP contribution in [0, 0.1) is 17.6 Å². The molecule has 2 rings (SSSR count). The Morgan fingerprint density at radius 2 is 2.00 bits per heavy atom. The van der Waals surface area contributed by atoms with Crippen LogP contribution in [0.2, 0.25) is 0 Å². The Hall–Kier alpha value is -2.18. The largest absolute Gasteiger partial charge is 0.409 e. The van der Waals surface area contributed by atoms with Crippen LogP contribution in [0.1, 0.15) is 18.4 Å². The highest BCUT2D eigenvalue weighted by molar-refractivity contribution is 5.83. The summed E-state index contributed by atoms with van der Waals surface area (Å²) in [7, 11) is 0. The van der Waals surface area contributed by atoms with Crippen LogP contribution in [0.5, 0.6) is 0 Å². The van der Waals surface area contributed by atoms with Gasteiger partial charge in [-0.1, -0.05) is 11.2 Å². The van der Waals surface area contributed by atoms with Gasteiger partial charge in [-0.25, -0.2) is 8.78 Å². The number of oxime groups is 1. The third kappa shape index (κ3) is 3.68. The van der Waals surface area contributed by atoms with Crippen molar-refractivity contribution < 1.29 is 18.8 Å². The molecule has 5 nitrogen and oxygen atoms in total. The van der Waals surface area contributed by atoms with Crippen molar-refractivity contribution in [2.75, 3.05) is 13.1 Å². The zero-order valence-corrected chi connectivity index (χ0v) is 11.4. The number of piperidine rings is 1. The highest BCUT2D eigenvalue weighted by Crippen LogP contribution is 2.18. The van der Waals surface area contributed by atoms with Gasteiger partial charge in [-0.05, 0) is 30.5 Å². The predicted molar refractivity (Wildman–Crippen MR) is 72.8 cm³/mol. The molecule has 1 aliphatic heterocycles. The summed E-state index contributed by atoms with van der Waals surface area (Å²) in [6.07, 6.45) is 1.28. The number of rotatable bonds is 3. The van der Waals surface area contributed by atoms with Crippen molar-refractivity contribution in [2.24, 2.45) is 16.8 Å². The zero-order valence-electron chi connectivity index (χ0n) is 11.4. The Morgan fingerprint density at radius 1 is 1.33 bits per heavy atom. The molecule has 0 spiro atoms. The van der Waals surface area contributed by atoms with E-state index in [1.165, 1.54) is 6.07 Å². The van der Waals surface area contributed by atoms with Crippen molar-refractivity contribution >= 4 is 11.7 Å². The van der Waals surface area contributed by atoms with E-state index in [4.69, 9.17) is 10.9 Å². The molecule has 3 N–H and O–H groups in total. The molecule has 0 saturated carbocycles. The molecule has 1 fully saturated rings. The summed E-state index contributed by atoms with van der Waals surface area (Å²) in [6.45, 7) is 1.01. The minimum Gasteiger partial charge on any atom is -0.409 e. The summed E-state index contributed by atoms with van der Waals surface area (Å²) in [6, 6.07) is 3.46. The number of nitrogens with zero attached hydrogens (tertiary/aromatic N) is 2. The maximum Gasteiger partial charge on any atom is 0.226 e. The van der Waals surface area contributed by atoms with Crippen molar-refractivity contribution in [2.45, 2.75) is 19.3 Å². The van der Waals surface area contributed by atoms with Gasteiger partial charge in [0.1, 0.15) is 5.84 Å². The van der Waals surface area contributed by atoms with Crippen LogP contribution >= 0.6 is 0 Å². The Kier molecular flexibility index (Phi) is 4.72. The molecule has 0 bridgehead atoms. The lowest BCUT2D eigenvalue weighted by molar-refractivity contribution is -0.131. The predicted octanol–water partition coefficient (Wildman–Crippen LogP) is 1.49. The maximum absolute atomic E-state index is 13.1. The van der Waals surface area contributed by atoms with E-state index in [0.717, 1.165) is 12.1 Å². The number of amidine groups is 1. The van der Waals surface area contributed by atoms with E-state index in [1.54, 1.807) is 4.90 Å². The minimum absolute atomic E-state index is 0.0256. The summed E-state index contributed by atoms with van der Waals surface area (Å²) >= 11 is 0. The van der Waals surface area contributed by atoms with Crippen LogP contribution in [0.25, 0.3) is 0 Å². The molecule has 1 heterocycles. The number of nitrogens with two attached hydrogens (primary N) is 1. The number of benzene rings is 1. The summed E-state index contributed by atoms with van der Waals surface area (Å²) in [5.41, 5.74) is 5.99. The number of carbonyl (C=O) groups is 1. The van der Waals surface area contributed by atoms with Gasteiger partial charge < -0.3 is 15.8 Å². The number of amides is 1. The molecule has 0 unspecified atom stereocenters. The van der Waals surface area contributed by atoms with E-state index in [1.807, 2.05) is 0 Å². The molecule has 1 aromatic carbocycles. The minimum atomic E-state index is -0.953. The standard InChI is InChI=1S/C14H17F2N3O2/c15-11-2-1-9(7-12(11)16)8-13(20)19-5-3-10(4-6-19)14(17)18-21/h1-2,7,10,21H,3-6,8H2,(H2,17,18). The zero-order chi connectivity index (χ0) is 15.4. The van der Waals surface area contributed by atoms with E-state index in [0.29, 0.717) is 31.5 Å². The van der Waals surface area contributed by atoms with E-state index in [9.17, 15) is 13.6 Å². The van der Waals surface area contributed by atoms with E-state index < -0.39 is 11.6 Å². The van der Waals surface area contributed by atoms with Crippen LogP contribution in [-0.4, -0.2) is 34.9 Å². The summed E-state index contributed by atoms with van der Waals surface area (Å²) in [5.74, 6) is -1.86. The van der Waals surface area contributed by atoms with Crippen LogP contribution in [0.15, 0.2) is 23.4 Å². The fourth-order valence-electron chi connectivity index (χ4n) is 2.44. The second-order valence-electron chi connectivity index (χ2n) is 5.11. The molecule has 0 aromatic heterocycles. The highest BCUT2D eigenvalue weighted by Gasteiger charge is 2.25. The van der Waals surface area contributed by atoms with Gasteiger partial charge in [-0.3, -0.25) is 4.79 Å². The van der Waals surface area contributed by atoms with E-state index >= 15 is 0 Å². The topological polar surface area (TPSA) is 78.9 Å². The molecule has 114 valence electrons. The number of hydrogen-bond donors (Lipinski definition) is 2. The van der Waals surface area contributed by atoms with Gasteiger partial charge in [0.25, 0.3) is 0 Å². The van der Waals surface area contributed by atoms with Crippen LogP contribution in [-0.2, 0) is 11.2 Å². The fourth-order valence-corrected chi connectivity index (χ4v) is 2.44. The molecular formula is C14H17F2N3O2. The van der Waals surface area contributed by atoms with Gasteiger partial charge in [0.2, 0.25) is 5.91 Å². The van der Waals surface area contributed by atoms with E-state index in [-0.39, 0.29) is 24.1 Å². The van der Waals surface area contributed by atoms with Crippen LogP contribution in [0.4, 0.5) is 8.78 Å². The first-order chi connectivity index (χ1) is 10.0. The lowest BCUT2D eigenvalue weighted by atomic mass is 9.95. The Balaban J connectivity index is 1.91. The number of likely N-dealkylation sites (tertiary alicyclic amines) is 1. The number of carbonyl (C=O) groups excluding carboxylic acids is 1. The first kappa shape index (κ1) is 15.2. The molecular weight excluding hydrogens is 280 g/mol. The molecule has 1 saturated heterocycles. The summed E-state index contributed by atoms with van der Waals surface area (Å²) in [5, 5.41) is 11.6. The molecule has 1 amide bonds. The lowest BCUT2D eigenvalue weighted by Crippen LogP contribution is -2.42. The van der Waals surface area contributed by atoms with Crippen molar-refractivity contribution in [3.8, 4) is 0 Å². The Morgan fingerprint density at radius 3 is 2.57 bits per heavy atom. The van der Waals surface area contributed by atoms with Crippen molar-refractivity contribution in [3.05, 3.63) is 35.4 Å². The molecule has 1 aliphatic rings. The average molecular weight is 297 g/mol. The summed E-state index contributed by atoms with van der Waals surface area (Å²) in [4.78, 5) is 13.8. The molecule has 21 heavy (non-hydrogen) atoms. The second kappa shape index (κ2) is 6.51. The third-order valence-corrected chi connectivity index (χ3v) is 3.72. The van der Waals surface area contributed by atoms with Gasteiger partial charge in [0.05, 0.1) is 6.42 Å². The Labute approximate surface area is 121 Å². The average Bonchev–Trinajstić information content (AvgIpc) is 2.50.